The van der Waals surface area contributed by atoms with Crippen LogP contribution in [0.15, 0.2) is 116 Å². The standard InChI is InChI=1S/C32H19N3S/c1-2-7-30-26(4-1)27-6-3-5-24(32(27)36-30)21-10-8-20(9-11-21)22-12-13-25-28-17-31-33-14-15-35(31)19-23(28)18-34-29(25)16-22/h1-19H. The highest BCUT2D eigenvalue weighted by molar-refractivity contribution is 7.26. The van der Waals surface area contributed by atoms with Gasteiger partial charge in [0.15, 0.2) is 0 Å². The molecule has 168 valence electrons. The van der Waals surface area contributed by atoms with E-state index >= 15 is 0 Å². The predicted molar refractivity (Wildman–Crippen MR) is 152 cm³/mol. The van der Waals surface area contributed by atoms with Gasteiger partial charge >= 0.3 is 0 Å². The first-order chi connectivity index (χ1) is 17.8. The molecule has 0 unspecified atom stereocenters. The first kappa shape index (κ1) is 19.7. The number of fused-ring (bicyclic) bond motifs is 7. The molecule has 36 heavy (non-hydrogen) atoms. The highest BCUT2D eigenvalue weighted by atomic mass is 32.1. The van der Waals surface area contributed by atoms with Crippen molar-refractivity contribution < 1.29 is 0 Å². The summed E-state index contributed by atoms with van der Waals surface area (Å²) in [6.07, 6.45) is 7.84. The van der Waals surface area contributed by atoms with E-state index in [1.54, 1.807) is 0 Å². The Morgan fingerprint density at radius 1 is 0.639 bits per heavy atom. The maximum atomic E-state index is 4.77. The average molecular weight is 478 g/mol. The number of hydrogen-bond acceptors (Lipinski definition) is 3. The second-order valence-corrected chi connectivity index (χ2v) is 10.2. The molecule has 0 spiro atoms. The fourth-order valence-electron chi connectivity index (χ4n) is 5.32. The molecule has 0 saturated carbocycles. The van der Waals surface area contributed by atoms with E-state index in [1.165, 1.54) is 47.8 Å². The fraction of sp³-hybridized carbons (Fsp3) is 0. The molecule has 0 N–H and O–H groups in total. The minimum Gasteiger partial charge on any atom is -0.306 e. The quantitative estimate of drug-likeness (QED) is 0.233. The molecule has 4 heteroatoms. The van der Waals surface area contributed by atoms with E-state index in [0.29, 0.717) is 0 Å². The number of aromatic nitrogens is 3. The second-order valence-electron chi connectivity index (χ2n) is 9.18. The van der Waals surface area contributed by atoms with E-state index in [-0.39, 0.29) is 0 Å². The summed E-state index contributed by atoms with van der Waals surface area (Å²) in [6, 6.07) is 32.9. The second kappa shape index (κ2) is 7.48. The summed E-state index contributed by atoms with van der Waals surface area (Å²) in [5, 5.41) is 6.10. The summed E-state index contributed by atoms with van der Waals surface area (Å²) in [7, 11) is 0. The van der Waals surface area contributed by atoms with Crippen LogP contribution >= 0.6 is 11.3 Å². The number of benzene rings is 4. The van der Waals surface area contributed by atoms with Crippen molar-refractivity contribution in [1.29, 1.82) is 0 Å². The topological polar surface area (TPSA) is 30.2 Å². The normalized spacial score (nSPS) is 11.9. The van der Waals surface area contributed by atoms with E-state index in [9.17, 15) is 0 Å². The number of thiophene rings is 1. The first-order valence-corrected chi connectivity index (χ1v) is 12.8. The lowest BCUT2D eigenvalue weighted by atomic mass is 9.98. The van der Waals surface area contributed by atoms with E-state index in [0.717, 1.165) is 21.9 Å². The molecular weight excluding hydrogens is 458 g/mol. The smallest absolute Gasteiger partial charge is 0.137 e. The predicted octanol–water partition coefficient (Wildman–Crippen LogP) is 8.74. The van der Waals surface area contributed by atoms with Crippen LogP contribution in [0.5, 0.6) is 0 Å². The molecule has 0 aliphatic heterocycles. The van der Waals surface area contributed by atoms with Crippen LogP contribution in [0.4, 0.5) is 0 Å². The van der Waals surface area contributed by atoms with Crippen molar-refractivity contribution >= 4 is 58.8 Å². The summed E-state index contributed by atoms with van der Waals surface area (Å²) in [5.41, 5.74) is 6.83. The minimum absolute atomic E-state index is 0.948. The Morgan fingerprint density at radius 2 is 1.47 bits per heavy atom. The highest BCUT2D eigenvalue weighted by Gasteiger charge is 2.11. The summed E-state index contributed by atoms with van der Waals surface area (Å²) >= 11 is 1.87. The molecule has 0 amide bonds. The SMILES string of the molecule is c1ccc2c(c1)sc1c(-c3ccc(-c4ccc5c(c4)ncc4cn6ccnc6cc45)cc3)cccc12. The van der Waals surface area contributed by atoms with Gasteiger partial charge in [-0.15, -0.1) is 11.3 Å². The van der Waals surface area contributed by atoms with Crippen LogP contribution in [0.3, 0.4) is 0 Å². The molecule has 0 atom stereocenters. The maximum Gasteiger partial charge on any atom is 0.137 e. The van der Waals surface area contributed by atoms with Gasteiger partial charge in [-0.2, -0.15) is 0 Å². The number of rotatable bonds is 2. The largest absolute Gasteiger partial charge is 0.306 e. The van der Waals surface area contributed by atoms with Crippen LogP contribution in [0.25, 0.3) is 69.7 Å². The van der Waals surface area contributed by atoms with Gasteiger partial charge in [0.2, 0.25) is 0 Å². The van der Waals surface area contributed by atoms with Gasteiger partial charge in [0.25, 0.3) is 0 Å². The maximum absolute atomic E-state index is 4.77. The van der Waals surface area contributed by atoms with Crippen molar-refractivity contribution in [2.75, 3.05) is 0 Å². The number of hydrogen-bond donors (Lipinski definition) is 0. The molecule has 0 bridgehead atoms. The van der Waals surface area contributed by atoms with Gasteiger partial charge in [-0.1, -0.05) is 72.8 Å². The van der Waals surface area contributed by atoms with E-state index in [2.05, 4.69) is 102 Å². The average Bonchev–Trinajstić information content (AvgIpc) is 3.55. The zero-order chi connectivity index (χ0) is 23.6. The molecule has 0 aliphatic rings. The Balaban J connectivity index is 1.21. The van der Waals surface area contributed by atoms with Crippen molar-refractivity contribution in [2.24, 2.45) is 0 Å². The summed E-state index contributed by atoms with van der Waals surface area (Å²) in [6.45, 7) is 0. The van der Waals surface area contributed by atoms with Crippen LogP contribution in [0.1, 0.15) is 0 Å². The molecule has 8 aromatic rings. The number of imidazole rings is 1. The van der Waals surface area contributed by atoms with Gasteiger partial charge in [-0.3, -0.25) is 4.98 Å². The third-order valence-corrected chi connectivity index (χ3v) is 8.35. The van der Waals surface area contributed by atoms with Gasteiger partial charge in [0.05, 0.1) is 5.52 Å². The van der Waals surface area contributed by atoms with E-state index in [4.69, 9.17) is 4.98 Å². The van der Waals surface area contributed by atoms with Gasteiger partial charge in [-0.25, -0.2) is 4.98 Å². The third-order valence-electron chi connectivity index (χ3n) is 7.13. The zero-order valence-electron chi connectivity index (χ0n) is 19.2. The van der Waals surface area contributed by atoms with Crippen molar-refractivity contribution in [3.63, 3.8) is 0 Å². The molecule has 0 saturated heterocycles. The Hall–Kier alpha value is -4.54. The van der Waals surface area contributed by atoms with Crippen LogP contribution in [-0.4, -0.2) is 14.4 Å². The highest BCUT2D eigenvalue weighted by Crippen LogP contribution is 2.40. The molecule has 3 nitrogen and oxygen atoms in total. The lowest BCUT2D eigenvalue weighted by Gasteiger charge is -2.09. The summed E-state index contributed by atoms with van der Waals surface area (Å²) in [5.74, 6) is 0. The fourth-order valence-corrected chi connectivity index (χ4v) is 6.55. The molecule has 0 radical (unpaired) electrons. The van der Waals surface area contributed by atoms with E-state index < -0.39 is 0 Å². The van der Waals surface area contributed by atoms with Gasteiger partial charge in [0.1, 0.15) is 5.65 Å². The Bertz CT molecular complexity index is 2100. The lowest BCUT2D eigenvalue weighted by molar-refractivity contribution is 1.20. The van der Waals surface area contributed by atoms with Crippen molar-refractivity contribution in [1.82, 2.24) is 14.4 Å². The molecule has 4 aromatic heterocycles. The van der Waals surface area contributed by atoms with Gasteiger partial charge in [0, 0.05) is 55.7 Å². The molecule has 0 aliphatic carbocycles. The number of pyridine rings is 2. The number of nitrogens with zero attached hydrogens (tertiary/aromatic N) is 3. The van der Waals surface area contributed by atoms with Gasteiger partial charge < -0.3 is 4.40 Å². The Morgan fingerprint density at radius 3 is 2.42 bits per heavy atom. The van der Waals surface area contributed by atoms with Crippen molar-refractivity contribution in [3.05, 3.63) is 116 Å². The van der Waals surface area contributed by atoms with Crippen molar-refractivity contribution in [3.8, 4) is 22.3 Å². The molecule has 0 fully saturated rings. The van der Waals surface area contributed by atoms with Gasteiger partial charge in [-0.05, 0) is 45.8 Å². The van der Waals surface area contributed by atoms with Crippen LogP contribution in [0.2, 0.25) is 0 Å². The Labute approximate surface area is 210 Å². The van der Waals surface area contributed by atoms with Crippen LogP contribution in [-0.2, 0) is 0 Å². The third kappa shape index (κ3) is 2.92. The first-order valence-electron chi connectivity index (χ1n) is 12.0. The van der Waals surface area contributed by atoms with Crippen molar-refractivity contribution in [2.45, 2.75) is 0 Å². The van der Waals surface area contributed by atoms with E-state index in [1.807, 2.05) is 34.3 Å². The molecule has 8 rings (SSSR count). The molecular formula is C32H19N3S. The molecule has 4 aromatic carbocycles. The molecule has 4 heterocycles. The zero-order valence-corrected chi connectivity index (χ0v) is 20.0. The van der Waals surface area contributed by atoms with Crippen LogP contribution < -0.4 is 0 Å². The summed E-state index contributed by atoms with van der Waals surface area (Å²) < 4.78 is 4.71. The summed E-state index contributed by atoms with van der Waals surface area (Å²) in [4.78, 5) is 9.22. The monoisotopic (exact) mass is 477 g/mol. The lowest BCUT2D eigenvalue weighted by Crippen LogP contribution is -1.88. The minimum atomic E-state index is 0.948. The Kier molecular flexibility index (Phi) is 4.10. The van der Waals surface area contributed by atoms with Crippen LogP contribution in [0, 0.1) is 0 Å².